The van der Waals surface area contributed by atoms with Gasteiger partial charge < -0.3 is 26.0 Å². The first-order valence-corrected chi connectivity index (χ1v) is 10.6. The van der Waals surface area contributed by atoms with Gasteiger partial charge in [0.05, 0.1) is 17.9 Å². The van der Waals surface area contributed by atoms with Crippen LogP contribution in [0.5, 0.6) is 0 Å². The second-order valence-corrected chi connectivity index (χ2v) is 7.69. The van der Waals surface area contributed by atoms with Crippen molar-refractivity contribution in [2.75, 3.05) is 37.9 Å². The smallest absolute Gasteiger partial charge is 0.253 e. The van der Waals surface area contributed by atoms with Crippen LogP contribution in [0.15, 0.2) is 60.8 Å². The summed E-state index contributed by atoms with van der Waals surface area (Å²) in [7, 11) is 3.36. The number of hydrogen-bond donors (Lipinski definition) is 3. The van der Waals surface area contributed by atoms with Crippen LogP contribution < -0.4 is 16.4 Å². The van der Waals surface area contributed by atoms with Gasteiger partial charge in [-0.2, -0.15) is 0 Å². The van der Waals surface area contributed by atoms with E-state index in [0.29, 0.717) is 42.3 Å². The standard InChI is InChI=1S/C25H29N5O3/c1-17-13-19(9-10-20(17)25(32)30(2)11-12-33-3)29-23-14-22(21(16-28-23)24(26)31)27-15-18-7-5-4-6-8-18/h4-10,13-14,16H,11-12,15H2,1-3H3,(H2,26,31)(H2,27,28,29). The number of benzene rings is 2. The van der Waals surface area contributed by atoms with Gasteiger partial charge in [-0.05, 0) is 36.2 Å². The third kappa shape index (κ3) is 6.30. The third-order valence-electron chi connectivity index (χ3n) is 5.20. The molecule has 8 nitrogen and oxygen atoms in total. The van der Waals surface area contributed by atoms with Crippen molar-refractivity contribution in [2.24, 2.45) is 5.73 Å². The molecule has 0 aliphatic heterocycles. The van der Waals surface area contributed by atoms with Gasteiger partial charge in [0.2, 0.25) is 0 Å². The molecule has 1 aromatic heterocycles. The molecule has 0 radical (unpaired) electrons. The molecule has 8 heteroatoms. The molecule has 3 rings (SSSR count). The molecule has 3 aromatic rings. The predicted octanol–water partition coefficient (Wildman–Crippen LogP) is 3.56. The van der Waals surface area contributed by atoms with Gasteiger partial charge in [0.15, 0.2) is 0 Å². The average molecular weight is 448 g/mol. The second-order valence-electron chi connectivity index (χ2n) is 7.69. The molecule has 0 aliphatic rings. The van der Waals surface area contributed by atoms with Gasteiger partial charge in [-0.25, -0.2) is 4.98 Å². The molecule has 0 unspecified atom stereocenters. The first-order chi connectivity index (χ1) is 15.9. The van der Waals surface area contributed by atoms with E-state index in [2.05, 4.69) is 15.6 Å². The Labute approximate surface area is 193 Å². The molecule has 4 N–H and O–H groups in total. The SMILES string of the molecule is COCCN(C)C(=O)c1ccc(Nc2cc(NCc3ccccc3)c(C(N)=O)cn2)cc1C. The quantitative estimate of drug-likeness (QED) is 0.438. The molecule has 2 amide bonds. The Morgan fingerprint density at radius 3 is 2.52 bits per heavy atom. The molecule has 1 heterocycles. The van der Waals surface area contributed by atoms with Crippen molar-refractivity contribution in [3.63, 3.8) is 0 Å². The van der Waals surface area contributed by atoms with E-state index < -0.39 is 5.91 Å². The fourth-order valence-corrected chi connectivity index (χ4v) is 3.32. The fraction of sp³-hybridized carbons (Fsp3) is 0.240. The number of pyridine rings is 1. The number of primary amides is 1. The topological polar surface area (TPSA) is 110 Å². The van der Waals surface area contributed by atoms with E-state index >= 15 is 0 Å². The summed E-state index contributed by atoms with van der Waals surface area (Å²) >= 11 is 0. The number of methoxy groups -OCH3 is 1. The lowest BCUT2D eigenvalue weighted by molar-refractivity contribution is 0.0743. The molecule has 0 fully saturated rings. The Morgan fingerprint density at radius 1 is 1.09 bits per heavy atom. The number of carbonyl (C=O) groups is 2. The number of aryl methyl sites for hydroxylation is 1. The van der Waals surface area contributed by atoms with Crippen LogP contribution in [0, 0.1) is 6.92 Å². The largest absolute Gasteiger partial charge is 0.383 e. The summed E-state index contributed by atoms with van der Waals surface area (Å²) in [5.74, 6) is -0.0698. The second kappa shape index (κ2) is 11.1. The highest BCUT2D eigenvalue weighted by molar-refractivity contribution is 5.99. The van der Waals surface area contributed by atoms with Crippen LogP contribution in [-0.2, 0) is 11.3 Å². The lowest BCUT2D eigenvalue weighted by Crippen LogP contribution is -2.30. The van der Waals surface area contributed by atoms with E-state index in [9.17, 15) is 9.59 Å². The number of likely N-dealkylation sites (N-methyl/N-ethyl adjacent to an activating group) is 1. The van der Waals surface area contributed by atoms with E-state index in [1.54, 1.807) is 31.2 Å². The van der Waals surface area contributed by atoms with Crippen LogP contribution in [0.1, 0.15) is 31.8 Å². The summed E-state index contributed by atoms with van der Waals surface area (Å²) in [6.45, 7) is 3.42. The zero-order chi connectivity index (χ0) is 23.8. The molecule has 33 heavy (non-hydrogen) atoms. The zero-order valence-electron chi connectivity index (χ0n) is 19.1. The van der Waals surface area contributed by atoms with Crippen LogP contribution >= 0.6 is 0 Å². The highest BCUT2D eigenvalue weighted by atomic mass is 16.5. The minimum atomic E-state index is -0.555. The number of aromatic nitrogens is 1. The molecule has 0 atom stereocenters. The molecule has 0 bridgehead atoms. The fourth-order valence-electron chi connectivity index (χ4n) is 3.32. The van der Waals surface area contributed by atoms with Crippen molar-refractivity contribution in [3.8, 4) is 0 Å². The summed E-state index contributed by atoms with van der Waals surface area (Å²) in [6.07, 6.45) is 1.45. The molecule has 0 saturated carbocycles. The van der Waals surface area contributed by atoms with Crippen LogP contribution in [0.3, 0.4) is 0 Å². The van der Waals surface area contributed by atoms with Gasteiger partial charge in [-0.15, -0.1) is 0 Å². The average Bonchev–Trinajstić information content (AvgIpc) is 2.81. The van der Waals surface area contributed by atoms with Crippen molar-refractivity contribution in [1.82, 2.24) is 9.88 Å². The van der Waals surface area contributed by atoms with E-state index in [1.807, 2.05) is 49.4 Å². The lowest BCUT2D eigenvalue weighted by atomic mass is 10.1. The summed E-state index contributed by atoms with van der Waals surface area (Å²) in [5, 5.41) is 6.49. The molecule has 172 valence electrons. The zero-order valence-corrected chi connectivity index (χ0v) is 19.1. The molecule has 2 aromatic carbocycles. The summed E-state index contributed by atoms with van der Waals surface area (Å²) in [6, 6.07) is 17.1. The van der Waals surface area contributed by atoms with Gasteiger partial charge in [0.1, 0.15) is 5.82 Å². The first-order valence-electron chi connectivity index (χ1n) is 10.6. The number of carbonyl (C=O) groups excluding carboxylic acids is 2. The maximum absolute atomic E-state index is 12.7. The van der Waals surface area contributed by atoms with Crippen molar-refractivity contribution >= 4 is 29.0 Å². The lowest BCUT2D eigenvalue weighted by Gasteiger charge is -2.18. The van der Waals surface area contributed by atoms with Crippen LogP contribution in [0.25, 0.3) is 0 Å². The number of rotatable bonds is 10. The molecular weight excluding hydrogens is 418 g/mol. The van der Waals surface area contributed by atoms with E-state index in [1.165, 1.54) is 6.20 Å². The Hall–Kier alpha value is -3.91. The number of anilines is 3. The molecular formula is C25H29N5O3. The summed E-state index contributed by atoms with van der Waals surface area (Å²) in [4.78, 5) is 30.5. The van der Waals surface area contributed by atoms with Crippen LogP contribution in [-0.4, -0.2) is 49.0 Å². The van der Waals surface area contributed by atoms with Crippen molar-refractivity contribution < 1.29 is 14.3 Å². The minimum Gasteiger partial charge on any atom is -0.383 e. The molecule has 0 spiro atoms. The van der Waals surface area contributed by atoms with Gasteiger partial charge in [0, 0.05) is 50.8 Å². The number of hydrogen-bond acceptors (Lipinski definition) is 6. The van der Waals surface area contributed by atoms with Gasteiger partial charge in [-0.3, -0.25) is 9.59 Å². The van der Waals surface area contributed by atoms with Crippen molar-refractivity contribution in [3.05, 3.63) is 83.0 Å². The normalized spacial score (nSPS) is 10.5. The molecule has 0 saturated heterocycles. The Morgan fingerprint density at radius 2 is 1.85 bits per heavy atom. The van der Waals surface area contributed by atoms with Crippen molar-refractivity contribution in [1.29, 1.82) is 0 Å². The van der Waals surface area contributed by atoms with Gasteiger partial charge in [0.25, 0.3) is 11.8 Å². The highest BCUT2D eigenvalue weighted by Gasteiger charge is 2.15. The van der Waals surface area contributed by atoms with Gasteiger partial charge >= 0.3 is 0 Å². The van der Waals surface area contributed by atoms with E-state index in [0.717, 1.165) is 16.8 Å². The number of nitrogens with two attached hydrogens (primary N) is 1. The summed E-state index contributed by atoms with van der Waals surface area (Å²) in [5.41, 5.74) is 9.74. The Balaban J connectivity index is 1.76. The maximum atomic E-state index is 12.7. The number of ether oxygens (including phenoxy) is 1. The first kappa shape index (κ1) is 23.7. The van der Waals surface area contributed by atoms with E-state index in [-0.39, 0.29) is 5.91 Å². The van der Waals surface area contributed by atoms with Crippen molar-refractivity contribution in [2.45, 2.75) is 13.5 Å². The minimum absolute atomic E-state index is 0.0626. The Bertz CT molecular complexity index is 1120. The monoisotopic (exact) mass is 447 g/mol. The number of amides is 2. The number of nitrogens with zero attached hydrogens (tertiary/aromatic N) is 2. The van der Waals surface area contributed by atoms with Crippen LogP contribution in [0.2, 0.25) is 0 Å². The highest BCUT2D eigenvalue weighted by Crippen LogP contribution is 2.24. The maximum Gasteiger partial charge on any atom is 0.253 e. The van der Waals surface area contributed by atoms with E-state index in [4.69, 9.17) is 10.5 Å². The van der Waals surface area contributed by atoms with Gasteiger partial charge in [-0.1, -0.05) is 30.3 Å². The number of nitrogens with one attached hydrogen (secondary N) is 2. The summed E-state index contributed by atoms with van der Waals surface area (Å²) < 4.78 is 5.04. The Kier molecular flexibility index (Phi) is 7.99. The van der Waals surface area contributed by atoms with Crippen LogP contribution in [0.4, 0.5) is 17.2 Å². The predicted molar refractivity (Wildman–Crippen MR) is 130 cm³/mol. The third-order valence-corrected chi connectivity index (χ3v) is 5.20. The molecule has 0 aliphatic carbocycles.